The zero-order chi connectivity index (χ0) is 10.5. The summed E-state index contributed by atoms with van der Waals surface area (Å²) in [4.78, 5) is 2.46. The first-order valence-electron chi connectivity index (χ1n) is 6.55. The van der Waals surface area contributed by atoms with Gasteiger partial charge in [-0.1, -0.05) is 25.7 Å². The molecule has 2 aliphatic rings. The Bertz CT molecular complexity index is 217. The highest BCUT2D eigenvalue weighted by molar-refractivity contribution is 4.98. The number of hydrogen-bond acceptors (Lipinski definition) is 2. The largest absolute Gasteiger partial charge is 0.288 e. The maximum absolute atomic E-state index is 9.34. The molecule has 0 aromatic rings. The smallest absolute Gasteiger partial charge is 0.101 e. The van der Waals surface area contributed by atoms with Crippen LogP contribution in [0.15, 0.2) is 0 Å². The molecule has 1 saturated heterocycles. The molecule has 1 saturated carbocycles. The number of rotatable bonds is 2. The lowest BCUT2D eigenvalue weighted by Crippen LogP contribution is -2.39. The van der Waals surface area contributed by atoms with Crippen molar-refractivity contribution in [2.24, 2.45) is 5.92 Å². The van der Waals surface area contributed by atoms with Gasteiger partial charge >= 0.3 is 0 Å². The first kappa shape index (κ1) is 11.0. The topological polar surface area (TPSA) is 27.0 Å². The van der Waals surface area contributed by atoms with Gasteiger partial charge in [0.2, 0.25) is 0 Å². The Labute approximate surface area is 93.3 Å². The lowest BCUT2D eigenvalue weighted by molar-refractivity contribution is 0.188. The van der Waals surface area contributed by atoms with Crippen LogP contribution in [0.4, 0.5) is 0 Å². The molecule has 1 atom stereocenters. The molecule has 0 unspecified atom stereocenters. The molecule has 2 nitrogen and oxygen atoms in total. The fourth-order valence-electron chi connectivity index (χ4n) is 3.13. The number of nitrogens with zero attached hydrogens (tertiary/aromatic N) is 2. The van der Waals surface area contributed by atoms with Crippen molar-refractivity contribution in [2.45, 2.75) is 57.4 Å². The second kappa shape index (κ2) is 5.51. The molecular formula is C13H22N2. The van der Waals surface area contributed by atoms with Crippen LogP contribution in [0.25, 0.3) is 0 Å². The molecule has 0 radical (unpaired) electrons. The maximum atomic E-state index is 9.34. The molecule has 15 heavy (non-hydrogen) atoms. The quantitative estimate of drug-likeness (QED) is 0.694. The van der Waals surface area contributed by atoms with E-state index in [1.807, 2.05) is 0 Å². The lowest BCUT2D eigenvalue weighted by atomic mass is 9.97. The zero-order valence-corrected chi connectivity index (χ0v) is 9.62. The van der Waals surface area contributed by atoms with E-state index >= 15 is 0 Å². The van der Waals surface area contributed by atoms with Crippen LogP contribution in [0.3, 0.4) is 0 Å². The van der Waals surface area contributed by atoms with Gasteiger partial charge in [-0.15, -0.1) is 0 Å². The summed E-state index contributed by atoms with van der Waals surface area (Å²) in [7, 11) is 0. The van der Waals surface area contributed by atoms with Gasteiger partial charge < -0.3 is 0 Å². The van der Waals surface area contributed by atoms with Gasteiger partial charge in [-0.05, 0) is 44.7 Å². The van der Waals surface area contributed by atoms with Crippen molar-refractivity contribution in [3.8, 4) is 6.07 Å². The van der Waals surface area contributed by atoms with Gasteiger partial charge in [0.25, 0.3) is 0 Å². The Morgan fingerprint density at radius 2 is 1.53 bits per heavy atom. The number of likely N-dealkylation sites (tertiary alicyclic amines) is 1. The van der Waals surface area contributed by atoms with E-state index < -0.39 is 0 Å². The summed E-state index contributed by atoms with van der Waals surface area (Å²) >= 11 is 0. The van der Waals surface area contributed by atoms with Crippen LogP contribution in [0.2, 0.25) is 0 Å². The molecule has 0 spiro atoms. The first-order chi connectivity index (χ1) is 7.42. The minimum atomic E-state index is 0.227. The van der Waals surface area contributed by atoms with Gasteiger partial charge in [0, 0.05) is 0 Å². The minimum absolute atomic E-state index is 0.227. The third-order valence-electron chi connectivity index (χ3n) is 4.01. The van der Waals surface area contributed by atoms with Gasteiger partial charge in [-0.3, -0.25) is 4.90 Å². The molecule has 1 heterocycles. The van der Waals surface area contributed by atoms with E-state index in [0.717, 1.165) is 13.1 Å². The van der Waals surface area contributed by atoms with E-state index in [9.17, 15) is 5.26 Å². The molecule has 0 aromatic heterocycles. The summed E-state index contributed by atoms with van der Waals surface area (Å²) < 4.78 is 0. The highest BCUT2D eigenvalue weighted by atomic mass is 15.2. The zero-order valence-electron chi connectivity index (χ0n) is 9.62. The minimum Gasteiger partial charge on any atom is -0.288 e. The van der Waals surface area contributed by atoms with Crippen LogP contribution in [0.1, 0.15) is 51.4 Å². The summed E-state index contributed by atoms with van der Waals surface area (Å²) in [5.41, 5.74) is 0. The molecule has 2 fully saturated rings. The number of nitriles is 1. The molecule has 0 bridgehead atoms. The van der Waals surface area contributed by atoms with Gasteiger partial charge in [0.05, 0.1) is 6.07 Å². The van der Waals surface area contributed by atoms with Crippen molar-refractivity contribution in [3.05, 3.63) is 0 Å². The molecule has 1 aliphatic heterocycles. The van der Waals surface area contributed by atoms with Crippen molar-refractivity contribution in [2.75, 3.05) is 13.1 Å². The van der Waals surface area contributed by atoms with Crippen LogP contribution in [-0.4, -0.2) is 24.0 Å². The second-order valence-electron chi connectivity index (χ2n) is 5.07. The predicted molar refractivity (Wildman–Crippen MR) is 61.4 cm³/mol. The van der Waals surface area contributed by atoms with Gasteiger partial charge in [-0.2, -0.15) is 5.26 Å². The predicted octanol–water partition coefficient (Wildman–Crippen LogP) is 2.94. The molecule has 2 heteroatoms. The van der Waals surface area contributed by atoms with E-state index in [1.54, 1.807) is 0 Å². The third kappa shape index (κ3) is 2.72. The molecule has 2 rings (SSSR count). The maximum Gasteiger partial charge on any atom is 0.101 e. The standard InChI is InChI=1S/C13H22N2/c14-11-13(12-7-3-4-8-12)15-9-5-1-2-6-10-15/h12-13H,1-10H2/t13-/m0/s1. The Hall–Kier alpha value is -0.550. The molecule has 0 aromatic carbocycles. The molecule has 84 valence electrons. The lowest BCUT2D eigenvalue weighted by Gasteiger charge is -2.29. The van der Waals surface area contributed by atoms with Gasteiger partial charge in [0.1, 0.15) is 6.04 Å². The van der Waals surface area contributed by atoms with Crippen molar-refractivity contribution in [1.29, 1.82) is 5.26 Å². The number of hydrogen-bond donors (Lipinski definition) is 0. The Morgan fingerprint density at radius 1 is 0.933 bits per heavy atom. The first-order valence-corrected chi connectivity index (χ1v) is 6.55. The highest BCUT2D eigenvalue weighted by Gasteiger charge is 2.29. The molecular weight excluding hydrogens is 184 g/mol. The van der Waals surface area contributed by atoms with E-state index in [4.69, 9.17) is 0 Å². The van der Waals surface area contributed by atoms with Crippen LogP contribution < -0.4 is 0 Å². The van der Waals surface area contributed by atoms with Crippen LogP contribution >= 0.6 is 0 Å². The van der Waals surface area contributed by atoms with E-state index in [0.29, 0.717) is 5.92 Å². The Kier molecular flexibility index (Phi) is 4.02. The van der Waals surface area contributed by atoms with Crippen molar-refractivity contribution in [1.82, 2.24) is 4.90 Å². The second-order valence-corrected chi connectivity index (χ2v) is 5.07. The van der Waals surface area contributed by atoms with Crippen molar-refractivity contribution in [3.63, 3.8) is 0 Å². The summed E-state index contributed by atoms with van der Waals surface area (Å²) in [6.07, 6.45) is 10.6. The van der Waals surface area contributed by atoms with Crippen molar-refractivity contribution >= 4 is 0 Å². The highest BCUT2D eigenvalue weighted by Crippen LogP contribution is 2.31. The summed E-state index contributed by atoms with van der Waals surface area (Å²) in [5, 5.41) is 9.34. The molecule has 0 amide bonds. The van der Waals surface area contributed by atoms with Crippen molar-refractivity contribution < 1.29 is 0 Å². The summed E-state index contributed by atoms with van der Waals surface area (Å²) in [5.74, 6) is 0.674. The average molecular weight is 206 g/mol. The Morgan fingerprint density at radius 3 is 2.07 bits per heavy atom. The fourth-order valence-corrected chi connectivity index (χ4v) is 3.13. The fraction of sp³-hybridized carbons (Fsp3) is 0.923. The van der Waals surface area contributed by atoms with Gasteiger partial charge in [-0.25, -0.2) is 0 Å². The van der Waals surface area contributed by atoms with Crippen LogP contribution in [0, 0.1) is 17.2 Å². The SMILES string of the molecule is N#C[C@@H](C1CCCC1)N1CCCCCC1. The Balaban J connectivity index is 1.94. The van der Waals surface area contributed by atoms with E-state index in [2.05, 4.69) is 11.0 Å². The average Bonchev–Trinajstić information content (AvgIpc) is 2.63. The van der Waals surface area contributed by atoms with E-state index in [1.165, 1.54) is 51.4 Å². The normalized spacial score (nSPS) is 27.1. The summed E-state index contributed by atoms with van der Waals surface area (Å²) in [6.45, 7) is 2.32. The molecule has 0 N–H and O–H groups in total. The van der Waals surface area contributed by atoms with Gasteiger partial charge in [0.15, 0.2) is 0 Å². The van der Waals surface area contributed by atoms with E-state index in [-0.39, 0.29) is 6.04 Å². The summed E-state index contributed by atoms with van der Waals surface area (Å²) in [6, 6.07) is 2.79. The third-order valence-corrected chi connectivity index (χ3v) is 4.01. The van der Waals surface area contributed by atoms with Crippen LogP contribution in [-0.2, 0) is 0 Å². The molecule has 1 aliphatic carbocycles. The monoisotopic (exact) mass is 206 g/mol. The van der Waals surface area contributed by atoms with Crippen LogP contribution in [0.5, 0.6) is 0 Å².